The normalized spacial score (nSPS) is 16.8. The number of rotatable bonds is 6. The van der Waals surface area contributed by atoms with E-state index in [1.165, 1.54) is 12.1 Å². The van der Waals surface area contributed by atoms with E-state index in [4.69, 9.17) is 4.74 Å². The Morgan fingerprint density at radius 3 is 2.26 bits per heavy atom. The molecule has 0 spiro atoms. The van der Waals surface area contributed by atoms with Gasteiger partial charge in [-0.1, -0.05) is 30.3 Å². The molecule has 3 amide bonds. The van der Waals surface area contributed by atoms with Crippen LogP contribution in [0, 0.1) is 11.6 Å². The van der Waals surface area contributed by atoms with Crippen molar-refractivity contribution in [2.24, 2.45) is 0 Å². The molecule has 0 radical (unpaired) electrons. The number of hydrogen-bond acceptors (Lipinski definition) is 6. The monoisotopic (exact) mass is 549 g/mol. The fourth-order valence-corrected chi connectivity index (χ4v) is 5.41. The summed E-state index contributed by atoms with van der Waals surface area (Å²) in [5.74, 6) is -1.56. The van der Waals surface area contributed by atoms with Gasteiger partial charge in [0.15, 0.2) is 0 Å². The van der Waals surface area contributed by atoms with Crippen LogP contribution in [0.15, 0.2) is 71.6 Å². The van der Waals surface area contributed by atoms with Gasteiger partial charge in [0.05, 0.1) is 24.2 Å². The number of ether oxygens (including phenoxy) is 1. The van der Waals surface area contributed by atoms with Crippen LogP contribution < -0.4 is 9.64 Å². The quantitative estimate of drug-likeness (QED) is 0.395. The minimum atomic E-state index is -0.820. The van der Waals surface area contributed by atoms with Crippen LogP contribution in [0.5, 0.6) is 5.75 Å². The summed E-state index contributed by atoms with van der Waals surface area (Å²) in [5.41, 5.74) is 1.80. The molecule has 2 aliphatic heterocycles. The molecule has 39 heavy (non-hydrogen) atoms. The maximum atomic E-state index is 14.0. The van der Waals surface area contributed by atoms with E-state index in [2.05, 4.69) is 4.90 Å². The lowest BCUT2D eigenvalue weighted by Crippen LogP contribution is -2.48. The lowest BCUT2D eigenvalue weighted by molar-refractivity contribution is -0.123. The predicted octanol–water partition coefficient (Wildman–Crippen LogP) is 5.17. The maximum absolute atomic E-state index is 14.0. The second-order valence-electron chi connectivity index (χ2n) is 9.04. The molecule has 0 bridgehead atoms. The van der Waals surface area contributed by atoms with Crippen LogP contribution in [0.25, 0.3) is 6.08 Å². The second kappa shape index (κ2) is 11.3. The Balaban J connectivity index is 1.22. The number of nitrogens with zero attached hydrogens (tertiary/aromatic N) is 3. The Hall–Kier alpha value is -4.18. The molecule has 3 aromatic rings. The smallest absolute Gasteiger partial charge is 0.293 e. The van der Waals surface area contributed by atoms with Crippen LogP contribution in [0.4, 0.5) is 19.3 Å². The predicted molar refractivity (Wildman–Crippen MR) is 145 cm³/mol. The van der Waals surface area contributed by atoms with Gasteiger partial charge in [-0.15, -0.1) is 0 Å². The van der Waals surface area contributed by atoms with Gasteiger partial charge in [0.25, 0.3) is 17.1 Å². The van der Waals surface area contributed by atoms with Gasteiger partial charge in [-0.25, -0.2) is 8.78 Å². The molecule has 200 valence electrons. The lowest BCUT2D eigenvalue weighted by Gasteiger charge is -2.36. The van der Waals surface area contributed by atoms with E-state index in [1.807, 2.05) is 24.3 Å². The van der Waals surface area contributed by atoms with Gasteiger partial charge < -0.3 is 14.5 Å². The molecule has 5 rings (SSSR count). The van der Waals surface area contributed by atoms with Crippen molar-refractivity contribution in [3.05, 3.63) is 100.0 Å². The van der Waals surface area contributed by atoms with E-state index in [1.54, 1.807) is 36.3 Å². The summed E-state index contributed by atoms with van der Waals surface area (Å²) in [5, 5.41) is -0.604. The van der Waals surface area contributed by atoms with Crippen LogP contribution in [0.1, 0.15) is 21.5 Å². The number of carbonyl (C=O) groups excluding carboxylic acids is 3. The first-order chi connectivity index (χ1) is 18.9. The van der Waals surface area contributed by atoms with E-state index in [0.29, 0.717) is 49.1 Å². The van der Waals surface area contributed by atoms with Crippen LogP contribution in [-0.2, 0) is 11.3 Å². The number of hydrogen-bond donors (Lipinski definition) is 0. The Labute approximate surface area is 228 Å². The van der Waals surface area contributed by atoms with E-state index in [-0.39, 0.29) is 16.4 Å². The number of imide groups is 1. The molecule has 2 aliphatic rings. The Morgan fingerprint density at radius 2 is 1.59 bits per heavy atom. The van der Waals surface area contributed by atoms with Crippen molar-refractivity contribution in [3.8, 4) is 5.75 Å². The fourth-order valence-electron chi connectivity index (χ4n) is 4.58. The lowest BCUT2D eigenvalue weighted by atomic mass is 10.1. The van der Waals surface area contributed by atoms with Crippen LogP contribution in [0.2, 0.25) is 0 Å². The van der Waals surface area contributed by atoms with Crippen LogP contribution in [0.3, 0.4) is 0 Å². The Morgan fingerprint density at radius 1 is 0.923 bits per heavy atom. The van der Waals surface area contributed by atoms with E-state index in [9.17, 15) is 23.2 Å². The molecule has 2 fully saturated rings. The molecular weight excluding hydrogens is 524 g/mol. The Kier molecular flexibility index (Phi) is 7.65. The van der Waals surface area contributed by atoms with Crippen LogP contribution in [-0.4, -0.2) is 60.1 Å². The minimum Gasteiger partial charge on any atom is -0.495 e. The van der Waals surface area contributed by atoms with Crippen molar-refractivity contribution in [1.82, 2.24) is 9.80 Å². The molecule has 10 heteroatoms. The first-order valence-electron chi connectivity index (χ1n) is 12.3. The third kappa shape index (κ3) is 5.51. The van der Waals surface area contributed by atoms with Crippen molar-refractivity contribution in [2.75, 3.05) is 38.2 Å². The van der Waals surface area contributed by atoms with E-state index >= 15 is 0 Å². The molecule has 7 nitrogen and oxygen atoms in total. The van der Waals surface area contributed by atoms with Gasteiger partial charge in [0.1, 0.15) is 17.4 Å². The third-order valence-corrected chi connectivity index (χ3v) is 7.61. The summed E-state index contributed by atoms with van der Waals surface area (Å²) in [6.45, 7) is 1.99. The molecule has 2 saturated heterocycles. The molecule has 0 atom stereocenters. The zero-order chi connectivity index (χ0) is 27.5. The van der Waals surface area contributed by atoms with Crippen molar-refractivity contribution >= 4 is 40.6 Å². The van der Waals surface area contributed by atoms with Crippen molar-refractivity contribution in [3.63, 3.8) is 0 Å². The average molecular weight is 550 g/mol. The largest absolute Gasteiger partial charge is 0.495 e. The summed E-state index contributed by atoms with van der Waals surface area (Å²) in [6, 6.07) is 17.9. The number of thioether (sulfide) groups is 1. The first-order valence-corrected chi connectivity index (χ1v) is 13.1. The number of methoxy groups -OCH3 is 1. The fraction of sp³-hybridized carbons (Fsp3) is 0.207. The molecule has 2 heterocycles. The van der Waals surface area contributed by atoms with Crippen molar-refractivity contribution in [2.45, 2.75) is 6.54 Å². The number of halogens is 2. The van der Waals surface area contributed by atoms with Gasteiger partial charge >= 0.3 is 0 Å². The highest BCUT2D eigenvalue weighted by Crippen LogP contribution is 2.34. The number of anilines is 1. The zero-order valence-corrected chi connectivity index (χ0v) is 21.9. The van der Waals surface area contributed by atoms with Gasteiger partial charge in [-0.2, -0.15) is 0 Å². The summed E-state index contributed by atoms with van der Waals surface area (Å²) in [6.07, 6.45) is 1.53. The zero-order valence-electron chi connectivity index (χ0n) is 21.1. The highest BCUT2D eigenvalue weighted by atomic mass is 32.2. The number of para-hydroxylation sites is 2. The van der Waals surface area contributed by atoms with Crippen molar-refractivity contribution in [1.29, 1.82) is 0 Å². The molecule has 0 unspecified atom stereocenters. The summed E-state index contributed by atoms with van der Waals surface area (Å²) >= 11 is 0.707. The summed E-state index contributed by atoms with van der Waals surface area (Å²) in [7, 11) is 1.64. The van der Waals surface area contributed by atoms with Gasteiger partial charge in [0.2, 0.25) is 0 Å². The minimum absolute atomic E-state index is 0.0894. The van der Waals surface area contributed by atoms with Gasteiger partial charge in [-0.3, -0.25) is 19.3 Å². The molecular formula is C29H25F2N3O4S. The summed E-state index contributed by atoms with van der Waals surface area (Å²) < 4.78 is 33.5. The highest BCUT2D eigenvalue weighted by molar-refractivity contribution is 8.18. The number of amides is 3. The highest BCUT2D eigenvalue weighted by Gasteiger charge is 2.36. The molecule has 0 aliphatic carbocycles. The third-order valence-electron chi connectivity index (χ3n) is 6.70. The van der Waals surface area contributed by atoms with Crippen LogP contribution >= 0.6 is 11.8 Å². The number of benzene rings is 3. The van der Waals surface area contributed by atoms with Crippen molar-refractivity contribution < 1.29 is 27.9 Å². The first kappa shape index (κ1) is 26.4. The molecule has 0 aromatic heterocycles. The second-order valence-corrected chi connectivity index (χ2v) is 10.0. The van der Waals surface area contributed by atoms with Gasteiger partial charge in [0, 0.05) is 37.3 Å². The molecule has 3 aromatic carbocycles. The average Bonchev–Trinajstić information content (AvgIpc) is 3.22. The standard InChI is InChI=1S/C29H25F2N3O4S/c1-38-25-8-3-2-7-24(25)32-13-15-33(16-14-32)27(35)20-11-9-19(10-12-20)17-26-28(36)34(29(37)39-26)18-21-22(30)5-4-6-23(21)31/h2-12,17H,13-16,18H2,1H3. The maximum Gasteiger partial charge on any atom is 0.293 e. The van der Waals surface area contributed by atoms with E-state index < -0.39 is 29.3 Å². The van der Waals surface area contributed by atoms with Gasteiger partial charge in [-0.05, 0) is 59.8 Å². The number of carbonyl (C=O) groups is 3. The van der Waals surface area contributed by atoms with E-state index in [0.717, 1.165) is 28.5 Å². The SMILES string of the molecule is COc1ccccc1N1CCN(C(=O)c2ccc(C=C3SC(=O)N(Cc4c(F)cccc4F)C3=O)cc2)CC1. The topological polar surface area (TPSA) is 70.2 Å². The molecule has 0 saturated carbocycles. The molecule has 0 N–H and O–H groups in total. The number of piperazine rings is 1. The summed E-state index contributed by atoms with van der Waals surface area (Å²) in [4.78, 5) is 43.2. The Bertz CT molecular complexity index is 1430.